The third kappa shape index (κ3) is 4.16. The summed E-state index contributed by atoms with van der Waals surface area (Å²) in [5.41, 5.74) is 0.751. The lowest BCUT2D eigenvalue weighted by atomic mass is 10.1. The third-order valence-electron chi connectivity index (χ3n) is 2.60. The number of rotatable bonds is 6. The summed E-state index contributed by atoms with van der Waals surface area (Å²) in [4.78, 5) is 21.9. The molecule has 0 heterocycles. The highest BCUT2D eigenvalue weighted by atomic mass is 16.6. The smallest absolute Gasteiger partial charge is 0.272 e. The molecule has 0 spiro atoms. The minimum atomic E-state index is -0.393. The Labute approximate surface area is 106 Å². The van der Waals surface area contributed by atoms with Crippen LogP contribution in [0, 0.1) is 10.1 Å². The summed E-state index contributed by atoms with van der Waals surface area (Å²) in [7, 11) is 0. The van der Waals surface area contributed by atoms with Crippen LogP contribution in [-0.4, -0.2) is 16.9 Å². The molecule has 0 saturated heterocycles. The maximum absolute atomic E-state index is 11.4. The Morgan fingerprint density at radius 3 is 2.72 bits per heavy atom. The summed E-state index contributed by atoms with van der Waals surface area (Å²) in [5.74, 6) is -0.0106. The fourth-order valence-corrected chi connectivity index (χ4v) is 1.82. The second-order valence-electron chi connectivity index (χ2n) is 4.31. The van der Waals surface area contributed by atoms with Gasteiger partial charge in [0.05, 0.1) is 4.92 Å². The van der Waals surface area contributed by atoms with Crippen LogP contribution in [0.1, 0.15) is 32.3 Å². The van der Waals surface area contributed by atoms with E-state index >= 15 is 0 Å². The Hall–Kier alpha value is -1.91. The van der Waals surface area contributed by atoms with Gasteiger partial charge >= 0.3 is 0 Å². The molecule has 5 nitrogen and oxygen atoms in total. The monoisotopic (exact) mass is 250 g/mol. The molecule has 0 aliphatic heterocycles. The second kappa shape index (κ2) is 6.74. The molecule has 5 heteroatoms. The number of hydrogen-bond acceptors (Lipinski definition) is 3. The van der Waals surface area contributed by atoms with Crippen LogP contribution in [0.2, 0.25) is 0 Å². The van der Waals surface area contributed by atoms with Crippen molar-refractivity contribution in [1.29, 1.82) is 0 Å². The first-order valence-electron chi connectivity index (χ1n) is 6.06. The maximum atomic E-state index is 11.4. The van der Waals surface area contributed by atoms with Gasteiger partial charge in [0.1, 0.15) is 0 Å². The average molecular weight is 250 g/mol. The molecule has 98 valence electrons. The number of nitrogens with zero attached hydrogens (tertiary/aromatic N) is 1. The van der Waals surface area contributed by atoms with Gasteiger partial charge in [0.2, 0.25) is 5.91 Å². The lowest BCUT2D eigenvalue weighted by molar-refractivity contribution is -0.385. The highest BCUT2D eigenvalue weighted by molar-refractivity contribution is 5.76. The normalized spacial score (nSPS) is 11.9. The number of carbonyl (C=O) groups is 1. The molecular weight excluding hydrogens is 232 g/mol. The third-order valence-corrected chi connectivity index (χ3v) is 2.60. The van der Waals surface area contributed by atoms with Crippen molar-refractivity contribution in [2.75, 3.05) is 0 Å². The summed E-state index contributed by atoms with van der Waals surface area (Å²) in [6.07, 6.45) is 1.75. The fourth-order valence-electron chi connectivity index (χ4n) is 1.82. The lowest BCUT2D eigenvalue weighted by Gasteiger charge is -2.13. The quantitative estimate of drug-likeness (QED) is 0.622. The zero-order valence-corrected chi connectivity index (χ0v) is 10.7. The predicted molar refractivity (Wildman–Crippen MR) is 69.3 cm³/mol. The van der Waals surface area contributed by atoms with Gasteiger partial charge in [-0.3, -0.25) is 14.9 Å². The van der Waals surface area contributed by atoms with Gasteiger partial charge in [-0.2, -0.15) is 0 Å². The Bertz CT molecular complexity index is 432. The molecule has 0 saturated carbocycles. The second-order valence-corrected chi connectivity index (χ2v) is 4.31. The molecule has 1 unspecified atom stereocenters. The van der Waals surface area contributed by atoms with Crippen molar-refractivity contribution in [3.05, 3.63) is 39.9 Å². The number of nitro groups is 1. The summed E-state index contributed by atoms with van der Waals surface area (Å²) >= 11 is 0. The Balaban J connectivity index is 2.67. The molecule has 1 aromatic carbocycles. The van der Waals surface area contributed by atoms with E-state index in [4.69, 9.17) is 0 Å². The molecule has 0 aromatic heterocycles. The van der Waals surface area contributed by atoms with E-state index in [2.05, 4.69) is 5.32 Å². The Morgan fingerprint density at radius 1 is 1.44 bits per heavy atom. The topological polar surface area (TPSA) is 72.2 Å². The zero-order chi connectivity index (χ0) is 13.5. The molecule has 1 N–H and O–H groups in total. The van der Waals surface area contributed by atoms with E-state index in [1.54, 1.807) is 18.2 Å². The van der Waals surface area contributed by atoms with E-state index in [9.17, 15) is 14.9 Å². The van der Waals surface area contributed by atoms with Crippen molar-refractivity contribution >= 4 is 11.6 Å². The van der Waals surface area contributed by atoms with E-state index < -0.39 is 4.92 Å². The number of carbonyl (C=O) groups excluding carboxylic acids is 1. The maximum Gasteiger partial charge on any atom is 0.272 e. The molecule has 1 atom stereocenters. The van der Waals surface area contributed by atoms with Gasteiger partial charge in [-0.1, -0.05) is 25.1 Å². The van der Waals surface area contributed by atoms with Crippen molar-refractivity contribution in [3.8, 4) is 0 Å². The van der Waals surface area contributed by atoms with Crippen molar-refractivity contribution in [2.24, 2.45) is 0 Å². The SMILES string of the molecule is CCCC(=O)NC(C)Cc1ccccc1[N+](=O)[O-]. The Morgan fingerprint density at radius 2 is 2.11 bits per heavy atom. The van der Waals surface area contributed by atoms with Gasteiger partial charge in [0, 0.05) is 24.1 Å². The Kier molecular flexibility index (Phi) is 5.30. The molecule has 1 rings (SSSR count). The molecular formula is C13H18N2O3. The van der Waals surface area contributed by atoms with Gasteiger partial charge in [-0.05, 0) is 19.8 Å². The van der Waals surface area contributed by atoms with Crippen LogP contribution in [0.3, 0.4) is 0 Å². The van der Waals surface area contributed by atoms with Crippen molar-refractivity contribution in [2.45, 2.75) is 39.2 Å². The molecule has 0 radical (unpaired) electrons. The van der Waals surface area contributed by atoms with Crippen LogP contribution in [0.4, 0.5) is 5.69 Å². The number of nitro benzene ring substituents is 1. The van der Waals surface area contributed by atoms with Crippen LogP contribution in [0.15, 0.2) is 24.3 Å². The van der Waals surface area contributed by atoms with E-state index in [0.717, 1.165) is 6.42 Å². The van der Waals surface area contributed by atoms with Gasteiger partial charge in [0.15, 0.2) is 0 Å². The summed E-state index contributed by atoms with van der Waals surface area (Å²) in [5, 5.41) is 13.7. The van der Waals surface area contributed by atoms with Gasteiger partial charge in [-0.15, -0.1) is 0 Å². The van der Waals surface area contributed by atoms with Gasteiger partial charge in [0.25, 0.3) is 5.69 Å². The number of benzene rings is 1. The largest absolute Gasteiger partial charge is 0.353 e. The summed E-state index contributed by atoms with van der Waals surface area (Å²) < 4.78 is 0. The minimum Gasteiger partial charge on any atom is -0.353 e. The van der Waals surface area contributed by atoms with Crippen molar-refractivity contribution in [3.63, 3.8) is 0 Å². The highest BCUT2D eigenvalue weighted by Crippen LogP contribution is 2.19. The first kappa shape index (κ1) is 14.2. The zero-order valence-electron chi connectivity index (χ0n) is 10.7. The first-order valence-corrected chi connectivity index (χ1v) is 6.06. The van der Waals surface area contributed by atoms with Crippen molar-refractivity contribution in [1.82, 2.24) is 5.32 Å². The summed E-state index contributed by atoms with van der Waals surface area (Å²) in [6.45, 7) is 3.79. The van der Waals surface area contributed by atoms with E-state index in [-0.39, 0.29) is 17.6 Å². The van der Waals surface area contributed by atoms with E-state index in [0.29, 0.717) is 18.4 Å². The molecule has 0 fully saturated rings. The highest BCUT2D eigenvalue weighted by Gasteiger charge is 2.15. The van der Waals surface area contributed by atoms with Crippen LogP contribution in [0.5, 0.6) is 0 Å². The number of nitrogens with one attached hydrogen (secondary N) is 1. The van der Waals surface area contributed by atoms with E-state index in [1.807, 2.05) is 13.8 Å². The van der Waals surface area contributed by atoms with E-state index in [1.165, 1.54) is 6.07 Å². The number of amides is 1. The standard InChI is InChI=1S/C13H18N2O3/c1-3-6-13(16)14-10(2)9-11-7-4-5-8-12(11)15(17)18/h4-5,7-8,10H,3,6,9H2,1-2H3,(H,14,16). The molecule has 1 amide bonds. The summed E-state index contributed by atoms with van der Waals surface area (Å²) in [6, 6.07) is 6.51. The average Bonchev–Trinajstić information content (AvgIpc) is 2.29. The molecule has 0 aliphatic carbocycles. The van der Waals surface area contributed by atoms with Crippen LogP contribution in [-0.2, 0) is 11.2 Å². The molecule has 0 bridgehead atoms. The van der Waals surface area contributed by atoms with Gasteiger partial charge < -0.3 is 5.32 Å². The predicted octanol–water partition coefficient (Wildman–Crippen LogP) is 2.44. The minimum absolute atomic E-state index is 0.0106. The van der Waals surface area contributed by atoms with Gasteiger partial charge in [-0.25, -0.2) is 0 Å². The first-order chi connectivity index (χ1) is 8.54. The molecule has 18 heavy (non-hydrogen) atoms. The van der Waals surface area contributed by atoms with Crippen LogP contribution < -0.4 is 5.32 Å². The lowest BCUT2D eigenvalue weighted by Crippen LogP contribution is -2.33. The van der Waals surface area contributed by atoms with Crippen LogP contribution in [0.25, 0.3) is 0 Å². The fraction of sp³-hybridized carbons (Fsp3) is 0.462. The molecule has 0 aliphatic rings. The van der Waals surface area contributed by atoms with Crippen molar-refractivity contribution < 1.29 is 9.72 Å². The molecule has 1 aromatic rings. The van der Waals surface area contributed by atoms with Crippen LogP contribution >= 0.6 is 0 Å². The number of para-hydroxylation sites is 1. The number of hydrogen-bond donors (Lipinski definition) is 1.